The molecule has 0 spiro atoms. The number of halogens is 3. The van der Waals surface area contributed by atoms with Gasteiger partial charge in [0.05, 0.1) is 17.6 Å². The number of aryl methyl sites for hydroxylation is 1. The van der Waals surface area contributed by atoms with Gasteiger partial charge in [0.1, 0.15) is 22.7 Å². The molecule has 3 aromatic rings. The first kappa shape index (κ1) is 30.9. The number of hydrogen-bond donors (Lipinski definition) is 3. The molecular weight excluding hydrogens is 623 g/mol. The van der Waals surface area contributed by atoms with Crippen molar-refractivity contribution < 1.29 is 32.7 Å². The summed E-state index contributed by atoms with van der Waals surface area (Å²) < 4.78 is 41.4. The largest absolute Gasteiger partial charge is 0.394 e. The number of alkyl halides is 3. The van der Waals surface area contributed by atoms with Gasteiger partial charge in [-0.25, -0.2) is 19.7 Å². The number of thiazole rings is 1. The van der Waals surface area contributed by atoms with Gasteiger partial charge in [-0.1, -0.05) is 17.4 Å². The quantitative estimate of drug-likeness (QED) is 0.310. The van der Waals surface area contributed by atoms with Crippen molar-refractivity contribution in [1.29, 1.82) is 0 Å². The van der Waals surface area contributed by atoms with E-state index in [0.29, 0.717) is 66.8 Å². The van der Waals surface area contributed by atoms with E-state index >= 15 is 0 Å². The van der Waals surface area contributed by atoms with E-state index in [2.05, 4.69) is 25.5 Å². The molecule has 11 nitrogen and oxygen atoms in total. The van der Waals surface area contributed by atoms with Gasteiger partial charge in [0.25, 0.3) is 5.91 Å². The monoisotopic (exact) mass is 657 g/mol. The van der Waals surface area contributed by atoms with Crippen molar-refractivity contribution in [3.63, 3.8) is 0 Å². The topological polar surface area (TPSA) is 141 Å². The number of amides is 4. The number of fused-ring (bicyclic) bond motifs is 2. The minimum Gasteiger partial charge on any atom is -0.393 e. The molecule has 2 aliphatic carbocycles. The minimum atomic E-state index is -4.21. The van der Waals surface area contributed by atoms with Crippen molar-refractivity contribution in [1.82, 2.24) is 30.5 Å². The van der Waals surface area contributed by atoms with Crippen LogP contribution in [0.1, 0.15) is 71.2 Å². The van der Waals surface area contributed by atoms with E-state index in [1.54, 1.807) is 24.4 Å². The summed E-state index contributed by atoms with van der Waals surface area (Å²) in [7, 11) is 0. The number of pyridine rings is 2. The van der Waals surface area contributed by atoms with Crippen LogP contribution in [0.15, 0.2) is 24.4 Å². The van der Waals surface area contributed by atoms with Gasteiger partial charge in [-0.05, 0) is 80.5 Å². The molecule has 3 aromatic heterocycles. The minimum absolute atomic E-state index is 0.120. The van der Waals surface area contributed by atoms with Gasteiger partial charge in [0.15, 0.2) is 5.01 Å². The molecule has 5 heterocycles. The summed E-state index contributed by atoms with van der Waals surface area (Å²) in [5.74, 6) is -0.967. The fourth-order valence-electron chi connectivity index (χ4n) is 7.03. The van der Waals surface area contributed by atoms with Crippen molar-refractivity contribution >= 4 is 45.3 Å². The van der Waals surface area contributed by atoms with Crippen molar-refractivity contribution in [2.24, 2.45) is 11.3 Å². The first-order chi connectivity index (χ1) is 22.0. The molecule has 0 radical (unpaired) electrons. The number of nitrogens with one attached hydrogen (secondary N) is 2. The third-order valence-corrected chi connectivity index (χ3v) is 10.9. The van der Waals surface area contributed by atoms with Crippen LogP contribution in [0.4, 0.5) is 23.8 Å². The lowest BCUT2D eigenvalue weighted by molar-refractivity contribution is -0.204. The molecule has 2 aliphatic heterocycles. The van der Waals surface area contributed by atoms with Gasteiger partial charge in [-0.15, -0.1) is 0 Å². The average Bonchev–Trinajstić information content (AvgIpc) is 3.65. The van der Waals surface area contributed by atoms with Crippen LogP contribution in [-0.4, -0.2) is 81.3 Å². The molecule has 4 aliphatic rings. The zero-order chi connectivity index (χ0) is 32.2. The average molecular weight is 658 g/mol. The highest BCUT2D eigenvalue weighted by molar-refractivity contribution is 7.19. The number of urea groups is 1. The van der Waals surface area contributed by atoms with Gasteiger partial charge in [-0.3, -0.25) is 19.8 Å². The van der Waals surface area contributed by atoms with Crippen LogP contribution in [0.25, 0.3) is 10.3 Å². The molecule has 3 N–H and O–H groups in total. The molecule has 4 amide bonds. The number of aliphatic hydroxyl groups is 1. The third kappa shape index (κ3) is 5.95. The number of hydrogen-bond acceptors (Lipinski definition) is 9. The summed E-state index contributed by atoms with van der Waals surface area (Å²) in [6, 6.07) is 4.19. The maximum absolute atomic E-state index is 13.8. The fraction of sp³-hybridized carbons (Fsp3) is 0.548. The molecule has 1 saturated carbocycles. The third-order valence-electron chi connectivity index (χ3n) is 9.92. The Hall–Kier alpha value is -3.69. The van der Waals surface area contributed by atoms with E-state index in [0.717, 1.165) is 35.7 Å². The molecule has 244 valence electrons. The molecule has 3 fully saturated rings. The number of imide groups is 1. The smallest absolute Gasteiger partial charge is 0.393 e. The van der Waals surface area contributed by atoms with Gasteiger partial charge >= 0.3 is 12.2 Å². The van der Waals surface area contributed by atoms with Crippen LogP contribution in [0, 0.1) is 11.3 Å². The summed E-state index contributed by atoms with van der Waals surface area (Å²) in [5.41, 5.74) is 1.18. The Bertz CT molecular complexity index is 1670. The molecular formula is C31H34F3N7O4S. The van der Waals surface area contributed by atoms with Crippen LogP contribution in [0.3, 0.4) is 0 Å². The number of aromatic nitrogens is 3. The summed E-state index contributed by atoms with van der Waals surface area (Å²) >= 11 is 1.15. The van der Waals surface area contributed by atoms with Crippen molar-refractivity contribution in [2.45, 2.75) is 69.7 Å². The molecule has 0 unspecified atom stereocenters. The fourth-order valence-corrected chi connectivity index (χ4v) is 7.87. The number of carbonyl (C=O) groups is 3. The molecule has 0 aromatic carbocycles. The van der Waals surface area contributed by atoms with Crippen molar-refractivity contribution in [3.05, 3.63) is 46.2 Å². The number of carbonyl (C=O) groups excluding carboxylic acids is 3. The van der Waals surface area contributed by atoms with Gasteiger partial charge in [0, 0.05) is 31.5 Å². The Morgan fingerprint density at radius 3 is 2.61 bits per heavy atom. The Morgan fingerprint density at radius 1 is 1.17 bits per heavy atom. The number of likely N-dealkylation sites (tertiary alicyclic amines) is 1. The van der Waals surface area contributed by atoms with Gasteiger partial charge < -0.3 is 15.3 Å². The molecule has 2 atom stereocenters. The molecule has 46 heavy (non-hydrogen) atoms. The molecule has 0 bridgehead atoms. The van der Waals surface area contributed by atoms with E-state index in [-0.39, 0.29) is 30.5 Å². The maximum atomic E-state index is 13.8. The van der Waals surface area contributed by atoms with Gasteiger partial charge in [0.2, 0.25) is 5.91 Å². The number of aliphatic hydroxyl groups excluding tert-OH is 1. The lowest BCUT2D eigenvalue weighted by atomic mass is 9.76. The van der Waals surface area contributed by atoms with E-state index in [4.69, 9.17) is 4.98 Å². The number of nitrogens with zero attached hydrogens (tertiary/aromatic N) is 5. The normalized spacial score (nSPS) is 22.5. The van der Waals surface area contributed by atoms with Crippen molar-refractivity contribution in [3.8, 4) is 0 Å². The zero-order valence-electron chi connectivity index (χ0n) is 25.0. The van der Waals surface area contributed by atoms with Gasteiger partial charge in [-0.2, -0.15) is 13.2 Å². The Morgan fingerprint density at radius 2 is 1.96 bits per heavy atom. The highest BCUT2D eigenvalue weighted by atomic mass is 32.1. The first-order valence-electron chi connectivity index (χ1n) is 15.6. The maximum Gasteiger partial charge on any atom is 0.394 e. The lowest BCUT2D eigenvalue weighted by Crippen LogP contribution is -2.38. The highest BCUT2D eigenvalue weighted by Crippen LogP contribution is 2.64. The number of rotatable bonds is 8. The first-order valence-corrected chi connectivity index (χ1v) is 16.5. The second-order valence-electron chi connectivity index (χ2n) is 12.8. The number of piperidine rings is 1. The van der Waals surface area contributed by atoms with E-state index in [1.807, 2.05) is 0 Å². The zero-order valence-corrected chi connectivity index (χ0v) is 25.8. The highest BCUT2D eigenvalue weighted by Gasteiger charge is 2.66. The standard InChI is InChI=1S/C31H34F3N7O4S/c32-31(33,34)30(8-9-30)19-2-3-21-18(13-19)14-23-27(37-21)46-28(38-23)26(44)36-22(7-12-40-10-5-20(42)6-11-40)17-1-4-24(35-15-17)41-16-25(43)39-29(41)45/h1,4,14-15,19-20,22,42H,2-3,5-13,16H2,(H,36,44)(H,39,43,45)/t19-,22+/m0/s1. The molecule has 7 rings (SSSR count). The second kappa shape index (κ2) is 11.8. The Balaban J connectivity index is 1.09. The van der Waals surface area contributed by atoms with E-state index in [1.165, 1.54) is 4.90 Å². The van der Waals surface area contributed by atoms with Crippen molar-refractivity contribution in [2.75, 3.05) is 31.1 Å². The Labute approximate surface area is 266 Å². The predicted molar refractivity (Wildman–Crippen MR) is 162 cm³/mol. The van der Waals surface area contributed by atoms with E-state index in [9.17, 15) is 32.7 Å². The molecule has 2 saturated heterocycles. The summed E-state index contributed by atoms with van der Waals surface area (Å²) in [4.78, 5) is 55.0. The number of anilines is 1. The van der Waals surface area contributed by atoms with Crippen LogP contribution in [0.5, 0.6) is 0 Å². The van der Waals surface area contributed by atoms with Crippen LogP contribution in [0.2, 0.25) is 0 Å². The summed E-state index contributed by atoms with van der Waals surface area (Å²) in [6.45, 7) is 2.04. The lowest BCUT2D eigenvalue weighted by Gasteiger charge is -2.32. The van der Waals surface area contributed by atoms with Crippen LogP contribution in [-0.2, 0) is 17.6 Å². The SMILES string of the molecule is O=C1CN(c2ccc([C@@H](CCN3CCC(O)CC3)NC(=O)c3nc4cc5c(nc4s3)CC[C@H](C3(C(F)(F)F)CC3)C5)cn2)C(=O)N1. The predicted octanol–water partition coefficient (Wildman–Crippen LogP) is 3.91. The summed E-state index contributed by atoms with van der Waals surface area (Å²) in [6.07, 6.45) is 0.569. The summed E-state index contributed by atoms with van der Waals surface area (Å²) in [5, 5.41) is 15.4. The van der Waals surface area contributed by atoms with E-state index < -0.39 is 41.4 Å². The van der Waals surface area contributed by atoms with Crippen LogP contribution < -0.4 is 15.5 Å². The Kier molecular flexibility index (Phi) is 7.96. The molecule has 15 heteroatoms. The second-order valence-corrected chi connectivity index (χ2v) is 13.8. The van der Waals surface area contributed by atoms with Crippen LogP contribution >= 0.6 is 11.3 Å².